The van der Waals surface area contributed by atoms with E-state index in [1.165, 1.54) is 12.8 Å². The lowest BCUT2D eigenvalue weighted by Crippen LogP contribution is -2.49. The molecule has 0 atom stereocenters. The summed E-state index contributed by atoms with van der Waals surface area (Å²) in [6, 6.07) is 7.05. The molecule has 2 rings (SSSR count). The van der Waals surface area contributed by atoms with Crippen LogP contribution in [0.3, 0.4) is 0 Å². The molecule has 6 heteroatoms. The van der Waals surface area contributed by atoms with Crippen LogP contribution in [-0.4, -0.2) is 30.1 Å². The monoisotopic (exact) mass is 333 g/mol. The zero-order chi connectivity index (χ0) is 17.6. The van der Waals surface area contributed by atoms with Gasteiger partial charge in [0, 0.05) is 17.3 Å². The van der Waals surface area contributed by atoms with E-state index in [2.05, 4.69) is 16.0 Å². The summed E-state index contributed by atoms with van der Waals surface area (Å²) in [5.41, 5.74) is 0.404. The minimum absolute atomic E-state index is 0.0183. The highest BCUT2D eigenvalue weighted by atomic mass is 16.5. The van der Waals surface area contributed by atoms with Gasteiger partial charge in [-0.2, -0.15) is 0 Å². The first kappa shape index (κ1) is 18.1. The molecule has 132 valence electrons. The zero-order valence-electron chi connectivity index (χ0n) is 14.6. The van der Waals surface area contributed by atoms with Gasteiger partial charge in [-0.1, -0.05) is 6.07 Å². The molecule has 0 aromatic heterocycles. The summed E-state index contributed by atoms with van der Waals surface area (Å²) in [6.45, 7) is 5.58. The molecule has 1 aromatic carbocycles. The Kier molecular flexibility index (Phi) is 6.06. The number of rotatable bonds is 5. The number of hydrogen-bond donors (Lipinski definition) is 3. The first-order valence-corrected chi connectivity index (χ1v) is 8.44. The third-order valence-electron chi connectivity index (χ3n) is 3.63. The van der Waals surface area contributed by atoms with Gasteiger partial charge >= 0.3 is 6.03 Å². The van der Waals surface area contributed by atoms with Gasteiger partial charge in [-0.15, -0.1) is 0 Å². The van der Waals surface area contributed by atoms with Gasteiger partial charge in [0.1, 0.15) is 5.75 Å². The number of ether oxygens (including phenoxy) is 1. The summed E-state index contributed by atoms with van der Waals surface area (Å²) >= 11 is 0. The summed E-state index contributed by atoms with van der Waals surface area (Å²) in [6.07, 6.45) is 4.94. The molecule has 1 fully saturated rings. The van der Waals surface area contributed by atoms with Crippen LogP contribution < -0.4 is 20.7 Å². The van der Waals surface area contributed by atoms with E-state index in [1.807, 2.05) is 45.0 Å². The molecule has 1 aromatic rings. The number of carbonyl (C=O) groups excluding carboxylic acids is 2. The first-order valence-electron chi connectivity index (χ1n) is 8.44. The second-order valence-electron chi connectivity index (χ2n) is 7.16. The second kappa shape index (κ2) is 8.04. The van der Waals surface area contributed by atoms with Crippen LogP contribution in [0, 0.1) is 0 Å². The topological polar surface area (TPSA) is 79.5 Å². The zero-order valence-corrected chi connectivity index (χ0v) is 14.6. The van der Waals surface area contributed by atoms with E-state index in [1.54, 1.807) is 0 Å². The highest BCUT2D eigenvalue weighted by Crippen LogP contribution is 2.25. The van der Waals surface area contributed by atoms with E-state index in [9.17, 15) is 9.59 Å². The standard InChI is InChI=1S/C18H27N3O3/c1-18(2,3)21-17(23)20-16(22)12-19-13-7-6-10-15(11-13)24-14-8-4-5-9-14/h6-7,10-11,14,19H,4-5,8-9,12H2,1-3H3,(H2,20,21,22,23). The van der Waals surface area contributed by atoms with Gasteiger partial charge < -0.3 is 15.4 Å². The minimum Gasteiger partial charge on any atom is -0.490 e. The number of imide groups is 1. The Hall–Kier alpha value is -2.24. The van der Waals surface area contributed by atoms with Crippen LogP contribution in [0.15, 0.2) is 24.3 Å². The summed E-state index contributed by atoms with van der Waals surface area (Å²) in [7, 11) is 0. The van der Waals surface area contributed by atoms with Crippen LogP contribution in [0.4, 0.5) is 10.5 Å². The maximum atomic E-state index is 11.8. The second-order valence-corrected chi connectivity index (χ2v) is 7.16. The number of amides is 3. The fourth-order valence-electron chi connectivity index (χ4n) is 2.60. The van der Waals surface area contributed by atoms with Crippen molar-refractivity contribution in [1.82, 2.24) is 10.6 Å². The molecule has 0 saturated heterocycles. The molecule has 0 aliphatic heterocycles. The molecular formula is C18H27N3O3. The number of carbonyl (C=O) groups is 2. The minimum atomic E-state index is -0.493. The Morgan fingerprint density at radius 3 is 2.58 bits per heavy atom. The molecule has 24 heavy (non-hydrogen) atoms. The molecule has 6 nitrogen and oxygen atoms in total. The van der Waals surface area contributed by atoms with Gasteiger partial charge in [0.2, 0.25) is 5.91 Å². The van der Waals surface area contributed by atoms with Crippen molar-refractivity contribution in [2.45, 2.75) is 58.1 Å². The van der Waals surface area contributed by atoms with E-state index in [0.29, 0.717) is 6.10 Å². The molecule has 0 unspecified atom stereocenters. The van der Waals surface area contributed by atoms with E-state index in [0.717, 1.165) is 24.3 Å². The Morgan fingerprint density at radius 2 is 1.92 bits per heavy atom. The molecule has 0 radical (unpaired) electrons. The fourth-order valence-corrected chi connectivity index (χ4v) is 2.60. The first-order chi connectivity index (χ1) is 11.3. The Labute approximate surface area is 143 Å². The number of anilines is 1. The highest BCUT2D eigenvalue weighted by molar-refractivity contribution is 5.96. The van der Waals surface area contributed by atoms with Gasteiger partial charge in [-0.25, -0.2) is 4.79 Å². The average molecular weight is 333 g/mol. The lowest BCUT2D eigenvalue weighted by atomic mass is 10.1. The van der Waals surface area contributed by atoms with Gasteiger partial charge in [-0.05, 0) is 58.6 Å². The molecule has 1 aliphatic rings. The van der Waals surface area contributed by atoms with E-state index >= 15 is 0 Å². The smallest absolute Gasteiger partial charge is 0.321 e. The van der Waals surface area contributed by atoms with Crippen molar-refractivity contribution in [1.29, 1.82) is 0 Å². The van der Waals surface area contributed by atoms with Crippen molar-refractivity contribution in [3.63, 3.8) is 0 Å². The highest BCUT2D eigenvalue weighted by Gasteiger charge is 2.17. The number of urea groups is 1. The molecule has 0 heterocycles. The molecule has 0 spiro atoms. The Bertz CT molecular complexity index is 575. The SMILES string of the molecule is CC(C)(C)NC(=O)NC(=O)CNc1cccc(OC2CCCC2)c1. The van der Waals surface area contributed by atoms with Gasteiger partial charge in [0.15, 0.2) is 0 Å². The maximum Gasteiger partial charge on any atom is 0.321 e. The molecular weight excluding hydrogens is 306 g/mol. The van der Waals surface area contributed by atoms with Crippen molar-refractivity contribution in [3.8, 4) is 5.75 Å². The molecule has 1 aliphatic carbocycles. The molecule has 3 N–H and O–H groups in total. The molecule has 0 bridgehead atoms. The fraction of sp³-hybridized carbons (Fsp3) is 0.556. The van der Waals surface area contributed by atoms with Crippen molar-refractivity contribution < 1.29 is 14.3 Å². The predicted molar refractivity (Wildman–Crippen MR) is 94.2 cm³/mol. The van der Waals surface area contributed by atoms with Crippen molar-refractivity contribution in [2.24, 2.45) is 0 Å². The Morgan fingerprint density at radius 1 is 1.21 bits per heavy atom. The quantitative estimate of drug-likeness (QED) is 0.774. The van der Waals surface area contributed by atoms with Gasteiger partial charge in [0.05, 0.1) is 12.6 Å². The summed E-state index contributed by atoms with van der Waals surface area (Å²) in [4.78, 5) is 23.4. The van der Waals surface area contributed by atoms with Crippen LogP contribution in [0.25, 0.3) is 0 Å². The third kappa shape index (κ3) is 6.48. The summed E-state index contributed by atoms with van der Waals surface area (Å²) in [5, 5.41) is 7.98. The van der Waals surface area contributed by atoms with Crippen molar-refractivity contribution >= 4 is 17.6 Å². The lowest BCUT2D eigenvalue weighted by Gasteiger charge is -2.20. The normalized spacial score (nSPS) is 15.0. The lowest BCUT2D eigenvalue weighted by molar-refractivity contribution is -0.118. The van der Waals surface area contributed by atoms with Crippen LogP contribution >= 0.6 is 0 Å². The summed E-state index contributed by atoms with van der Waals surface area (Å²) in [5.74, 6) is 0.414. The third-order valence-corrected chi connectivity index (χ3v) is 3.63. The van der Waals surface area contributed by atoms with Crippen LogP contribution in [0.2, 0.25) is 0 Å². The van der Waals surface area contributed by atoms with Crippen LogP contribution in [0.5, 0.6) is 5.75 Å². The number of hydrogen-bond acceptors (Lipinski definition) is 4. The summed E-state index contributed by atoms with van der Waals surface area (Å²) < 4.78 is 5.94. The molecule has 1 saturated carbocycles. The molecule has 3 amide bonds. The van der Waals surface area contributed by atoms with Crippen LogP contribution in [0.1, 0.15) is 46.5 Å². The number of benzene rings is 1. The Balaban J connectivity index is 1.78. The van der Waals surface area contributed by atoms with Crippen molar-refractivity contribution in [2.75, 3.05) is 11.9 Å². The van der Waals surface area contributed by atoms with E-state index in [4.69, 9.17) is 4.74 Å². The average Bonchev–Trinajstić information content (AvgIpc) is 2.96. The number of nitrogens with one attached hydrogen (secondary N) is 3. The van der Waals surface area contributed by atoms with Crippen LogP contribution in [-0.2, 0) is 4.79 Å². The van der Waals surface area contributed by atoms with Crippen molar-refractivity contribution in [3.05, 3.63) is 24.3 Å². The van der Waals surface area contributed by atoms with E-state index in [-0.39, 0.29) is 18.0 Å². The van der Waals surface area contributed by atoms with Gasteiger partial charge in [-0.3, -0.25) is 10.1 Å². The predicted octanol–water partition coefficient (Wildman–Crippen LogP) is 3.04. The van der Waals surface area contributed by atoms with Gasteiger partial charge in [0.25, 0.3) is 0 Å². The largest absolute Gasteiger partial charge is 0.490 e. The van der Waals surface area contributed by atoms with E-state index < -0.39 is 6.03 Å². The maximum absolute atomic E-state index is 11.8.